The van der Waals surface area contributed by atoms with Gasteiger partial charge in [-0.05, 0) is 37.8 Å². The number of anilines is 1. The number of hydrogen-bond acceptors (Lipinski definition) is 3. The molecule has 0 spiro atoms. The molecule has 2 aliphatic rings. The van der Waals surface area contributed by atoms with Crippen LogP contribution in [-0.4, -0.2) is 56.8 Å². The number of carbonyl (C=O) groups is 2. The largest absolute Gasteiger partial charge is 0.340 e. The number of nitrogens with zero attached hydrogens (tertiary/aromatic N) is 4. The van der Waals surface area contributed by atoms with Gasteiger partial charge in [-0.1, -0.05) is 6.07 Å². The van der Waals surface area contributed by atoms with Crippen molar-refractivity contribution in [3.63, 3.8) is 0 Å². The molecule has 25 heavy (non-hydrogen) atoms. The lowest BCUT2D eigenvalue weighted by molar-refractivity contribution is -0.129. The summed E-state index contributed by atoms with van der Waals surface area (Å²) < 4.78 is 1.86. The summed E-state index contributed by atoms with van der Waals surface area (Å²) in [5.41, 5.74) is 0.807. The molecule has 4 heterocycles. The molecule has 1 N–H and O–H groups in total. The average molecular weight is 341 g/mol. The number of pyridine rings is 1. The number of aromatic nitrogens is 2. The highest BCUT2D eigenvalue weighted by Gasteiger charge is 2.30. The van der Waals surface area contributed by atoms with Gasteiger partial charge in [0.05, 0.1) is 0 Å². The van der Waals surface area contributed by atoms with Crippen LogP contribution in [0.15, 0.2) is 30.6 Å². The zero-order chi connectivity index (χ0) is 17.2. The van der Waals surface area contributed by atoms with E-state index >= 15 is 0 Å². The third-order valence-corrected chi connectivity index (χ3v) is 5.20. The molecule has 2 fully saturated rings. The number of hydrogen-bond donors (Lipinski definition) is 1. The summed E-state index contributed by atoms with van der Waals surface area (Å²) in [5, 5.41) is 2.99. The van der Waals surface area contributed by atoms with Crippen LogP contribution in [0.4, 0.5) is 10.6 Å². The van der Waals surface area contributed by atoms with E-state index in [0.717, 1.165) is 50.2 Å². The minimum absolute atomic E-state index is 0.0883. The molecule has 0 bridgehead atoms. The highest BCUT2D eigenvalue weighted by molar-refractivity contribution is 5.88. The molecule has 2 aromatic rings. The lowest BCUT2D eigenvalue weighted by Crippen LogP contribution is -2.39. The molecule has 0 saturated carbocycles. The molecule has 4 rings (SSSR count). The summed E-state index contributed by atoms with van der Waals surface area (Å²) in [4.78, 5) is 32.8. The molecule has 0 aromatic carbocycles. The number of imidazole rings is 1. The molecule has 2 aromatic heterocycles. The fourth-order valence-corrected chi connectivity index (χ4v) is 3.89. The van der Waals surface area contributed by atoms with Crippen molar-refractivity contribution in [2.75, 3.05) is 25.0 Å². The normalized spacial score (nSPS) is 21.6. The van der Waals surface area contributed by atoms with Crippen molar-refractivity contribution in [2.24, 2.45) is 0 Å². The molecule has 0 aliphatic carbocycles. The van der Waals surface area contributed by atoms with Crippen molar-refractivity contribution in [3.8, 4) is 0 Å². The quantitative estimate of drug-likeness (QED) is 0.911. The number of rotatable bonds is 2. The van der Waals surface area contributed by atoms with Crippen molar-refractivity contribution in [2.45, 2.75) is 38.1 Å². The molecule has 1 atom stereocenters. The molecule has 7 heteroatoms. The predicted octanol–water partition coefficient (Wildman–Crippen LogP) is 2.34. The minimum atomic E-state index is -0.0883. The van der Waals surface area contributed by atoms with E-state index in [1.165, 1.54) is 0 Å². The fraction of sp³-hybridized carbons (Fsp3) is 0.500. The predicted molar refractivity (Wildman–Crippen MR) is 94.4 cm³/mol. The molecule has 2 aliphatic heterocycles. The topological polar surface area (TPSA) is 70.0 Å². The van der Waals surface area contributed by atoms with Crippen LogP contribution in [0.1, 0.15) is 32.1 Å². The van der Waals surface area contributed by atoms with E-state index in [-0.39, 0.29) is 18.0 Å². The first-order chi connectivity index (χ1) is 12.2. The number of amides is 3. The Hall–Kier alpha value is -2.57. The van der Waals surface area contributed by atoms with Gasteiger partial charge in [-0.2, -0.15) is 0 Å². The maximum Gasteiger partial charge on any atom is 0.322 e. The van der Waals surface area contributed by atoms with Gasteiger partial charge in [0, 0.05) is 44.5 Å². The van der Waals surface area contributed by atoms with E-state index in [0.29, 0.717) is 13.0 Å². The molecule has 7 nitrogen and oxygen atoms in total. The lowest BCUT2D eigenvalue weighted by Gasteiger charge is -2.27. The Bertz CT molecular complexity index is 787. The van der Waals surface area contributed by atoms with E-state index < -0.39 is 0 Å². The number of likely N-dealkylation sites (tertiary alicyclic amines) is 2. The van der Waals surface area contributed by atoms with Crippen molar-refractivity contribution in [3.05, 3.63) is 30.6 Å². The maximum atomic E-state index is 12.7. The van der Waals surface area contributed by atoms with Crippen LogP contribution >= 0.6 is 0 Å². The summed E-state index contributed by atoms with van der Waals surface area (Å²) in [6.07, 6.45) is 7.96. The Balaban J connectivity index is 1.41. The zero-order valence-corrected chi connectivity index (χ0v) is 14.2. The summed E-state index contributed by atoms with van der Waals surface area (Å²) >= 11 is 0. The molecular weight excluding hydrogens is 318 g/mol. The zero-order valence-electron chi connectivity index (χ0n) is 14.2. The first-order valence-corrected chi connectivity index (χ1v) is 9.00. The van der Waals surface area contributed by atoms with Crippen LogP contribution in [0, 0.1) is 0 Å². The van der Waals surface area contributed by atoms with Crippen LogP contribution in [-0.2, 0) is 4.79 Å². The number of urea groups is 1. The second kappa shape index (κ2) is 6.74. The molecule has 0 radical (unpaired) electrons. The third kappa shape index (κ3) is 3.18. The van der Waals surface area contributed by atoms with Gasteiger partial charge in [-0.25, -0.2) is 9.78 Å². The smallest absolute Gasteiger partial charge is 0.322 e. The lowest BCUT2D eigenvalue weighted by atomic mass is 10.1. The fourth-order valence-electron chi connectivity index (χ4n) is 3.89. The Morgan fingerprint density at radius 1 is 1.16 bits per heavy atom. The highest BCUT2D eigenvalue weighted by Crippen LogP contribution is 2.22. The van der Waals surface area contributed by atoms with E-state index in [1.54, 1.807) is 6.20 Å². The maximum absolute atomic E-state index is 12.7. The van der Waals surface area contributed by atoms with Gasteiger partial charge in [0.1, 0.15) is 11.5 Å². The molecule has 132 valence electrons. The Kier molecular flexibility index (Phi) is 4.29. The second-order valence-corrected chi connectivity index (χ2v) is 6.76. The first kappa shape index (κ1) is 15.9. The number of fused-ring (bicyclic) bond motifs is 1. The summed E-state index contributed by atoms with van der Waals surface area (Å²) in [5.74, 6) is 0.991. The average Bonchev–Trinajstić information content (AvgIpc) is 3.18. The highest BCUT2D eigenvalue weighted by atomic mass is 16.2. The van der Waals surface area contributed by atoms with Crippen molar-refractivity contribution in [1.29, 1.82) is 0 Å². The monoisotopic (exact) mass is 341 g/mol. The van der Waals surface area contributed by atoms with Crippen LogP contribution in [0.5, 0.6) is 0 Å². The van der Waals surface area contributed by atoms with Crippen LogP contribution in [0.25, 0.3) is 5.65 Å². The van der Waals surface area contributed by atoms with Gasteiger partial charge >= 0.3 is 6.03 Å². The molecule has 3 amide bonds. The standard InChI is InChI=1S/C18H23N5O2/c24-17-7-3-11-22(17)14-4-2-10-21(12-8-14)18(25)20-16-6-1-5-15-19-9-13-23(15)16/h1,5-6,9,13-14H,2-4,7-8,10-12H2,(H,20,25). The van der Waals surface area contributed by atoms with Gasteiger partial charge in [0.15, 0.2) is 0 Å². The minimum Gasteiger partial charge on any atom is -0.340 e. The number of carbonyl (C=O) groups excluding carboxylic acids is 2. The summed E-state index contributed by atoms with van der Waals surface area (Å²) in [7, 11) is 0. The van der Waals surface area contributed by atoms with E-state index in [9.17, 15) is 9.59 Å². The van der Waals surface area contributed by atoms with E-state index in [4.69, 9.17) is 0 Å². The molecule has 1 unspecified atom stereocenters. The van der Waals surface area contributed by atoms with E-state index in [1.807, 2.05) is 38.6 Å². The Morgan fingerprint density at radius 3 is 2.92 bits per heavy atom. The summed E-state index contributed by atoms with van der Waals surface area (Å²) in [6.45, 7) is 2.28. The Labute approximate surface area is 146 Å². The number of nitrogens with one attached hydrogen (secondary N) is 1. The van der Waals surface area contributed by atoms with Gasteiger partial charge in [0.2, 0.25) is 5.91 Å². The van der Waals surface area contributed by atoms with E-state index in [2.05, 4.69) is 10.3 Å². The van der Waals surface area contributed by atoms with Crippen molar-refractivity contribution >= 4 is 23.4 Å². The van der Waals surface area contributed by atoms with Gasteiger partial charge in [-0.3, -0.25) is 14.5 Å². The van der Waals surface area contributed by atoms with Crippen LogP contribution in [0.3, 0.4) is 0 Å². The van der Waals surface area contributed by atoms with Gasteiger partial charge in [-0.15, -0.1) is 0 Å². The van der Waals surface area contributed by atoms with Crippen LogP contribution in [0.2, 0.25) is 0 Å². The summed E-state index contributed by atoms with van der Waals surface area (Å²) in [6, 6.07) is 5.85. The molecular formula is C18H23N5O2. The Morgan fingerprint density at radius 2 is 2.08 bits per heavy atom. The first-order valence-electron chi connectivity index (χ1n) is 9.00. The van der Waals surface area contributed by atoms with Crippen molar-refractivity contribution < 1.29 is 9.59 Å². The SMILES string of the molecule is O=C(Nc1cccc2nccn12)N1CCCC(N2CCCC2=O)CC1. The van der Waals surface area contributed by atoms with Crippen LogP contribution < -0.4 is 5.32 Å². The van der Waals surface area contributed by atoms with Crippen molar-refractivity contribution in [1.82, 2.24) is 19.2 Å². The molecule has 2 saturated heterocycles. The van der Waals surface area contributed by atoms with Gasteiger partial charge in [0.25, 0.3) is 0 Å². The second-order valence-electron chi connectivity index (χ2n) is 6.76. The third-order valence-electron chi connectivity index (χ3n) is 5.20. The van der Waals surface area contributed by atoms with Gasteiger partial charge < -0.3 is 9.80 Å².